The Balaban J connectivity index is 0.000000267. The molecule has 172 valence electrons. The maximum absolute atomic E-state index is 14.3. The molecular weight excluding hydrogens is 444 g/mol. The van der Waals surface area contributed by atoms with Crippen LogP contribution >= 0.6 is 23.2 Å². The van der Waals surface area contributed by atoms with E-state index in [-0.39, 0.29) is 16.3 Å². The Hall–Kier alpha value is -1.86. The standard InChI is InChI=1S/C15H16Cl2FNO.C7H14N2O2/c16-10-1-2-11(18)12(13(10)17)14(19-8-20)15-5-3-9(7-15)4-6-15;1-3-4-5-8-7(11)9-6(2)10/h1-2,8-9,14H,3-7H2,(H,19,20);3-5H2,1-2H3,(H2,8,9,10,11). The van der Waals surface area contributed by atoms with E-state index in [0.717, 1.165) is 44.9 Å². The molecule has 0 heterocycles. The summed E-state index contributed by atoms with van der Waals surface area (Å²) in [5.74, 6) is -0.0329. The minimum Gasteiger partial charge on any atom is -0.351 e. The Kier molecular flexibility index (Phi) is 9.56. The number of hydrogen-bond donors (Lipinski definition) is 3. The molecule has 0 aliphatic heterocycles. The van der Waals surface area contributed by atoms with E-state index in [1.807, 2.05) is 6.92 Å². The second-order valence-electron chi connectivity index (χ2n) is 8.27. The number of urea groups is 1. The lowest BCUT2D eigenvalue weighted by Gasteiger charge is -2.36. The second-order valence-corrected chi connectivity index (χ2v) is 9.06. The molecule has 4 amide bonds. The quantitative estimate of drug-likeness (QED) is 0.291. The van der Waals surface area contributed by atoms with Gasteiger partial charge in [-0.05, 0) is 62.0 Å². The van der Waals surface area contributed by atoms with E-state index in [1.165, 1.54) is 19.1 Å². The van der Waals surface area contributed by atoms with Crippen LogP contribution in [0.15, 0.2) is 12.1 Å². The highest BCUT2D eigenvalue weighted by molar-refractivity contribution is 6.42. The lowest BCUT2D eigenvalue weighted by molar-refractivity contribution is -0.118. The van der Waals surface area contributed by atoms with Crippen LogP contribution < -0.4 is 16.0 Å². The van der Waals surface area contributed by atoms with Gasteiger partial charge in [0.15, 0.2) is 0 Å². The molecule has 0 aromatic heterocycles. The molecule has 3 rings (SSSR count). The molecule has 2 aliphatic rings. The molecule has 2 saturated carbocycles. The molecule has 0 radical (unpaired) electrons. The SMILES string of the molecule is CCCCNC(=O)NC(C)=O.O=CNC(c1c(F)ccc(Cl)c1Cl)C12CCC(CC1)C2. The van der Waals surface area contributed by atoms with Crippen LogP contribution in [-0.4, -0.2) is 24.9 Å². The summed E-state index contributed by atoms with van der Waals surface area (Å²) in [4.78, 5) is 32.0. The van der Waals surface area contributed by atoms with E-state index < -0.39 is 17.9 Å². The fraction of sp³-hybridized carbons (Fsp3) is 0.591. The fourth-order valence-electron chi connectivity index (χ4n) is 4.67. The number of imide groups is 1. The van der Waals surface area contributed by atoms with Crippen LogP contribution in [0.5, 0.6) is 0 Å². The predicted octanol–water partition coefficient (Wildman–Crippen LogP) is 5.13. The van der Waals surface area contributed by atoms with Crippen LogP contribution in [-0.2, 0) is 9.59 Å². The Morgan fingerprint density at radius 1 is 1.29 bits per heavy atom. The number of unbranched alkanes of at least 4 members (excludes halogenated alkanes) is 1. The highest BCUT2D eigenvalue weighted by Gasteiger charge is 2.51. The Labute approximate surface area is 192 Å². The maximum Gasteiger partial charge on any atom is 0.321 e. The molecule has 2 fully saturated rings. The van der Waals surface area contributed by atoms with Gasteiger partial charge in [0.25, 0.3) is 0 Å². The molecule has 2 aliphatic carbocycles. The summed E-state index contributed by atoms with van der Waals surface area (Å²) in [6.07, 6.45) is 7.94. The van der Waals surface area contributed by atoms with Gasteiger partial charge in [0.2, 0.25) is 12.3 Å². The molecule has 1 aromatic carbocycles. The van der Waals surface area contributed by atoms with Crippen molar-refractivity contribution < 1.29 is 18.8 Å². The van der Waals surface area contributed by atoms with Gasteiger partial charge in [-0.25, -0.2) is 9.18 Å². The van der Waals surface area contributed by atoms with E-state index in [4.69, 9.17) is 23.2 Å². The largest absolute Gasteiger partial charge is 0.351 e. The Morgan fingerprint density at radius 3 is 2.48 bits per heavy atom. The van der Waals surface area contributed by atoms with Crippen molar-refractivity contribution >= 4 is 41.6 Å². The first-order chi connectivity index (χ1) is 14.7. The first-order valence-electron chi connectivity index (χ1n) is 10.6. The molecule has 0 saturated heterocycles. The van der Waals surface area contributed by atoms with Crippen LogP contribution in [0, 0.1) is 17.2 Å². The molecule has 31 heavy (non-hydrogen) atoms. The summed E-state index contributed by atoms with van der Waals surface area (Å²) in [5.41, 5.74) is 0.273. The van der Waals surface area contributed by atoms with Gasteiger partial charge in [0.1, 0.15) is 5.82 Å². The highest BCUT2D eigenvalue weighted by atomic mass is 35.5. The Morgan fingerprint density at radius 2 is 1.97 bits per heavy atom. The third-order valence-corrected chi connectivity index (χ3v) is 6.94. The third kappa shape index (κ3) is 6.56. The topological polar surface area (TPSA) is 87.3 Å². The maximum atomic E-state index is 14.3. The average molecular weight is 474 g/mol. The van der Waals surface area contributed by atoms with Gasteiger partial charge in [0.05, 0.1) is 16.1 Å². The number of halogens is 3. The first kappa shape index (κ1) is 25.4. The molecule has 1 atom stereocenters. The van der Waals surface area contributed by atoms with Gasteiger partial charge in [-0.15, -0.1) is 0 Å². The van der Waals surface area contributed by atoms with E-state index in [1.54, 1.807) is 0 Å². The molecule has 0 spiro atoms. The van der Waals surface area contributed by atoms with Crippen molar-refractivity contribution in [1.82, 2.24) is 16.0 Å². The van der Waals surface area contributed by atoms with E-state index in [2.05, 4.69) is 16.0 Å². The number of amides is 4. The molecular formula is C22H30Cl2FN3O3. The van der Waals surface area contributed by atoms with Gasteiger partial charge in [0, 0.05) is 19.0 Å². The van der Waals surface area contributed by atoms with Crippen LogP contribution in [0.25, 0.3) is 0 Å². The second kappa shape index (κ2) is 11.7. The van der Waals surface area contributed by atoms with Crippen LogP contribution in [0.2, 0.25) is 10.0 Å². The summed E-state index contributed by atoms with van der Waals surface area (Å²) in [6, 6.07) is 1.97. The monoisotopic (exact) mass is 473 g/mol. The van der Waals surface area contributed by atoms with Crippen LogP contribution in [0.3, 0.4) is 0 Å². The van der Waals surface area contributed by atoms with Gasteiger partial charge in [-0.1, -0.05) is 36.5 Å². The van der Waals surface area contributed by atoms with Crippen molar-refractivity contribution in [3.8, 4) is 0 Å². The van der Waals surface area contributed by atoms with E-state index in [9.17, 15) is 18.8 Å². The summed E-state index contributed by atoms with van der Waals surface area (Å²) in [6.45, 7) is 3.96. The molecule has 3 N–H and O–H groups in total. The van der Waals surface area contributed by atoms with Crippen molar-refractivity contribution in [2.24, 2.45) is 11.3 Å². The van der Waals surface area contributed by atoms with Crippen molar-refractivity contribution in [3.63, 3.8) is 0 Å². The number of nitrogens with one attached hydrogen (secondary N) is 3. The van der Waals surface area contributed by atoms with E-state index >= 15 is 0 Å². The number of rotatable bonds is 7. The zero-order valence-corrected chi connectivity index (χ0v) is 19.4. The summed E-state index contributed by atoms with van der Waals surface area (Å²) in [7, 11) is 0. The van der Waals surface area contributed by atoms with Crippen molar-refractivity contribution in [3.05, 3.63) is 33.6 Å². The number of carbonyl (C=O) groups excluding carboxylic acids is 3. The molecule has 2 bridgehead atoms. The Bertz CT molecular complexity index is 798. The molecule has 6 nitrogen and oxygen atoms in total. The molecule has 1 unspecified atom stereocenters. The van der Waals surface area contributed by atoms with Gasteiger partial charge >= 0.3 is 6.03 Å². The molecule has 9 heteroatoms. The fourth-order valence-corrected chi connectivity index (χ4v) is 5.09. The van der Waals surface area contributed by atoms with Crippen molar-refractivity contribution in [2.45, 2.75) is 64.8 Å². The average Bonchev–Trinajstić information content (AvgIpc) is 3.33. The smallest absolute Gasteiger partial charge is 0.321 e. The number of carbonyl (C=O) groups is 3. The van der Waals surface area contributed by atoms with Crippen LogP contribution in [0.1, 0.15) is 70.4 Å². The number of hydrogen-bond acceptors (Lipinski definition) is 3. The minimum atomic E-state index is -0.411. The lowest BCUT2D eigenvalue weighted by Crippen LogP contribution is -2.38. The third-order valence-electron chi connectivity index (χ3n) is 6.12. The first-order valence-corrected chi connectivity index (χ1v) is 11.4. The number of benzene rings is 1. The van der Waals surface area contributed by atoms with Crippen molar-refractivity contribution in [1.29, 1.82) is 0 Å². The van der Waals surface area contributed by atoms with Gasteiger partial charge in [-0.3, -0.25) is 14.9 Å². The zero-order valence-electron chi connectivity index (χ0n) is 17.9. The van der Waals surface area contributed by atoms with Crippen LogP contribution in [0.4, 0.5) is 9.18 Å². The number of fused-ring (bicyclic) bond motifs is 2. The summed E-state index contributed by atoms with van der Waals surface area (Å²) >= 11 is 12.2. The molecule has 1 aromatic rings. The van der Waals surface area contributed by atoms with Gasteiger partial charge < -0.3 is 10.6 Å². The normalized spacial score (nSPS) is 22.2. The van der Waals surface area contributed by atoms with Crippen molar-refractivity contribution in [2.75, 3.05) is 6.54 Å². The predicted molar refractivity (Wildman–Crippen MR) is 119 cm³/mol. The summed E-state index contributed by atoms with van der Waals surface area (Å²) < 4.78 is 14.3. The minimum absolute atomic E-state index is 0.0687. The van der Waals surface area contributed by atoms with E-state index in [0.29, 0.717) is 29.5 Å². The summed E-state index contributed by atoms with van der Waals surface area (Å²) in [5, 5.41) is 8.00. The zero-order chi connectivity index (χ0) is 23.0. The highest BCUT2D eigenvalue weighted by Crippen LogP contribution is 2.60. The lowest BCUT2D eigenvalue weighted by atomic mass is 9.74. The van der Waals surface area contributed by atoms with Gasteiger partial charge in [-0.2, -0.15) is 0 Å².